The monoisotopic (exact) mass is 346 g/mol. The molecule has 132 valence electrons. The van der Waals surface area contributed by atoms with Gasteiger partial charge in [-0.2, -0.15) is 0 Å². The number of nitrogens with zero attached hydrogens (tertiary/aromatic N) is 2. The molecule has 0 radical (unpaired) electrons. The van der Waals surface area contributed by atoms with Crippen LogP contribution in [0.3, 0.4) is 0 Å². The predicted molar refractivity (Wildman–Crippen MR) is 91.2 cm³/mol. The summed E-state index contributed by atoms with van der Waals surface area (Å²) in [6.45, 7) is 3.98. The fourth-order valence-electron chi connectivity index (χ4n) is 2.48. The maximum atomic E-state index is 13.8. The topological polar surface area (TPSA) is 72.7 Å². The number of methoxy groups -OCH3 is 1. The van der Waals surface area contributed by atoms with Crippen LogP contribution < -0.4 is 4.74 Å². The number of hydrogen-bond acceptors (Lipinski definition) is 4. The summed E-state index contributed by atoms with van der Waals surface area (Å²) in [4.78, 5) is 24.7. The van der Waals surface area contributed by atoms with Crippen molar-refractivity contribution in [3.05, 3.63) is 69.0 Å². The molecular formula is C18H19FN2O4. The van der Waals surface area contributed by atoms with E-state index in [1.807, 2.05) is 0 Å². The van der Waals surface area contributed by atoms with Gasteiger partial charge in [0.2, 0.25) is 0 Å². The van der Waals surface area contributed by atoms with E-state index in [9.17, 15) is 19.3 Å². The molecule has 0 unspecified atom stereocenters. The lowest BCUT2D eigenvalue weighted by molar-refractivity contribution is -0.385. The summed E-state index contributed by atoms with van der Waals surface area (Å²) >= 11 is 0. The average Bonchev–Trinajstić information content (AvgIpc) is 2.59. The molecule has 0 atom stereocenters. The van der Waals surface area contributed by atoms with Gasteiger partial charge in [-0.3, -0.25) is 14.9 Å². The highest BCUT2D eigenvalue weighted by molar-refractivity contribution is 5.95. The number of amides is 1. The third-order valence-electron chi connectivity index (χ3n) is 3.91. The van der Waals surface area contributed by atoms with Gasteiger partial charge in [-0.05, 0) is 37.6 Å². The molecule has 0 saturated carbocycles. The lowest BCUT2D eigenvalue weighted by Gasteiger charge is -2.21. The van der Waals surface area contributed by atoms with Crippen molar-refractivity contribution in [3.8, 4) is 5.75 Å². The number of hydrogen-bond donors (Lipinski definition) is 0. The summed E-state index contributed by atoms with van der Waals surface area (Å²) in [5, 5.41) is 11.1. The van der Waals surface area contributed by atoms with Crippen molar-refractivity contribution < 1.29 is 18.8 Å². The van der Waals surface area contributed by atoms with E-state index >= 15 is 0 Å². The summed E-state index contributed by atoms with van der Waals surface area (Å²) in [7, 11) is 1.38. The second kappa shape index (κ2) is 7.74. The Bertz CT molecular complexity index is 808. The van der Waals surface area contributed by atoms with Crippen LogP contribution >= 0.6 is 0 Å². The standard InChI is InChI=1S/C18H19FN2O4/c1-4-20(11-13-6-8-17(25-3)15(19)9-13)18(22)14-7-5-12(2)16(10-14)21(23)24/h5-10H,4,11H2,1-3H3. The summed E-state index contributed by atoms with van der Waals surface area (Å²) in [5.41, 5.74) is 1.22. The first-order valence-corrected chi connectivity index (χ1v) is 7.74. The van der Waals surface area contributed by atoms with E-state index in [0.29, 0.717) is 17.7 Å². The molecule has 0 aliphatic carbocycles. The maximum absolute atomic E-state index is 13.8. The summed E-state index contributed by atoms with van der Waals surface area (Å²) < 4.78 is 18.7. The second-order valence-electron chi connectivity index (χ2n) is 5.55. The number of nitro benzene ring substituents is 1. The number of carbonyl (C=O) groups excluding carboxylic acids is 1. The maximum Gasteiger partial charge on any atom is 0.273 e. The van der Waals surface area contributed by atoms with Crippen LogP contribution in [-0.2, 0) is 6.54 Å². The Balaban J connectivity index is 2.25. The largest absolute Gasteiger partial charge is 0.494 e. The van der Waals surface area contributed by atoms with Crippen molar-refractivity contribution >= 4 is 11.6 Å². The minimum atomic E-state index is -0.513. The van der Waals surface area contributed by atoms with Crippen LogP contribution in [0.15, 0.2) is 36.4 Å². The first kappa shape index (κ1) is 18.4. The van der Waals surface area contributed by atoms with Gasteiger partial charge in [-0.25, -0.2) is 4.39 Å². The van der Waals surface area contributed by atoms with Gasteiger partial charge in [0.1, 0.15) is 0 Å². The normalized spacial score (nSPS) is 10.4. The quantitative estimate of drug-likeness (QED) is 0.590. The van der Waals surface area contributed by atoms with Crippen LogP contribution in [-0.4, -0.2) is 29.4 Å². The minimum absolute atomic E-state index is 0.0996. The molecular weight excluding hydrogens is 327 g/mol. The second-order valence-corrected chi connectivity index (χ2v) is 5.55. The highest BCUT2D eigenvalue weighted by atomic mass is 19.1. The number of carbonyl (C=O) groups is 1. The molecule has 0 aromatic heterocycles. The van der Waals surface area contributed by atoms with Gasteiger partial charge in [0.05, 0.1) is 12.0 Å². The zero-order valence-electron chi connectivity index (χ0n) is 14.3. The highest BCUT2D eigenvalue weighted by Crippen LogP contribution is 2.22. The van der Waals surface area contributed by atoms with Crippen LogP contribution in [0.2, 0.25) is 0 Å². The van der Waals surface area contributed by atoms with Crippen molar-refractivity contribution in [2.45, 2.75) is 20.4 Å². The van der Waals surface area contributed by atoms with E-state index in [0.717, 1.165) is 0 Å². The number of rotatable bonds is 6. The smallest absolute Gasteiger partial charge is 0.273 e. The molecule has 0 heterocycles. The van der Waals surface area contributed by atoms with Gasteiger partial charge in [0, 0.05) is 30.3 Å². The molecule has 2 aromatic carbocycles. The summed E-state index contributed by atoms with van der Waals surface area (Å²) in [5.74, 6) is -0.719. The molecule has 1 amide bonds. The van der Waals surface area contributed by atoms with E-state index in [1.165, 1.54) is 30.2 Å². The molecule has 25 heavy (non-hydrogen) atoms. The summed E-state index contributed by atoms with van der Waals surface area (Å²) in [6.07, 6.45) is 0. The van der Waals surface area contributed by atoms with Crippen molar-refractivity contribution in [1.29, 1.82) is 0 Å². The Labute approximate surface area is 145 Å². The predicted octanol–water partition coefficient (Wildman–Crippen LogP) is 3.71. The zero-order valence-corrected chi connectivity index (χ0v) is 14.3. The lowest BCUT2D eigenvalue weighted by Crippen LogP contribution is -2.30. The van der Waals surface area contributed by atoms with Crippen LogP contribution in [0.1, 0.15) is 28.4 Å². The van der Waals surface area contributed by atoms with Crippen LogP contribution in [0.4, 0.5) is 10.1 Å². The summed E-state index contributed by atoms with van der Waals surface area (Å²) in [6, 6.07) is 8.87. The Morgan fingerprint density at radius 2 is 2.00 bits per heavy atom. The van der Waals surface area contributed by atoms with E-state index < -0.39 is 10.7 Å². The SMILES string of the molecule is CCN(Cc1ccc(OC)c(F)c1)C(=O)c1ccc(C)c([N+](=O)[O-])c1. The Kier molecular flexibility index (Phi) is 5.69. The molecule has 6 nitrogen and oxygen atoms in total. The molecule has 7 heteroatoms. The first-order valence-electron chi connectivity index (χ1n) is 7.74. The van der Waals surface area contributed by atoms with Crippen LogP contribution in [0.5, 0.6) is 5.75 Å². The first-order chi connectivity index (χ1) is 11.9. The minimum Gasteiger partial charge on any atom is -0.494 e. The van der Waals surface area contributed by atoms with Crippen molar-refractivity contribution in [1.82, 2.24) is 4.90 Å². The Morgan fingerprint density at radius 1 is 1.28 bits per heavy atom. The van der Waals surface area contributed by atoms with Gasteiger partial charge in [-0.1, -0.05) is 12.1 Å². The number of benzene rings is 2. The van der Waals surface area contributed by atoms with E-state index in [1.54, 1.807) is 32.0 Å². The third kappa shape index (κ3) is 4.12. The zero-order chi connectivity index (χ0) is 18.6. The number of aryl methyl sites for hydroxylation is 1. The van der Waals surface area contributed by atoms with Gasteiger partial charge in [-0.15, -0.1) is 0 Å². The lowest BCUT2D eigenvalue weighted by atomic mass is 10.1. The number of halogens is 1. The van der Waals surface area contributed by atoms with Gasteiger partial charge < -0.3 is 9.64 Å². The third-order valence-corrected chi connectivity index (χ3v) is 3.91. The highest BCUT2D eigenvalue weighted by Gasteiger charge is 2.19. The fraction of sp³-hybridized carbons (Fsp3) is 0.278. The van der Waals surface area contributed by atoms with Gasteiger partial charge >= 0.3 is 0 Å². The van der Waals surface area contributed by atoms with Crippen molar-refractivity contribution in [3.63, 3.8) is 0 Å². The molecule has 0 saturated heterocycles. The Morgan fingerprint density at radius 3 is 2.56 bits per heavy atom. The molecule has 0 N–H and O–H groups in total. The van der Waals surface area contributed by atoms with Gasteiger partial charge in [0.25, 0.3) is 11.6 Å². The molecule has 2 rings (SSSR count). The number of ether oxygens (including phenoxy) is 1. The number of nitro groups is 1. The molecule has 0 fully saturated rings. The van der Waals surface area contributed by atoms with Crippen molar-refractivity contribution in [2.24, 2.45) is 0 Å². The average molecular weight is 346 g/mol. The van der Waals surface area contributed by atoms with E-state index in [4.69, 9.17) is 4.74 Å². The fourth-order valence-corrected chi connectivity index (χ4v) is 2.48. The molecule has 0 aliphatic rings. The van der Waals surface area contributed by atoms with Gasteiger partial charge in [0.15, 0.2) is 11.6 Å². The van der Waals surface area contributed by atoms with Crippen LogP contribution in [0.25, 0.3) is 0 Å². The molecule has 0 bridgehead atoms. The van der Waals surface area contributed by atoms with Crippen molar-refractivity contribution in [2.75, 3.05) is 13.7 Å². The molecule has 0 spiro atoms. The Hall–Kier alpha value is -2.96. The van der Waals surface area contributed by atoms with Crippen LogP contribution in [0, 0.1) is 22.9 Å². The molecule has 0 aliphatic heterocycles. The molecule has 2 aromatic rings. The van der Waals surface area contributed by atoms with E-state index in [-0.39, 0.29) is 29.5 Å². The van der Waals surface area contributed by atoms with E-state index in [2.05, 4.69) is 0 Å².